The molecule has 1 heterocycles. The molecule has 0 saturated carbocycles. The van der Waals surface area contributed by atoms with E-state index in [0.29, 0.717) is 27.4 Å². The fourth-order valence-corrected chi connectivity index (χ4v) is 3.30. The highest BCUT2D eigenvalue weighted by Gasteiger charge is 2.12. The Hall–Kier alpha value is -2.15. The van der Waals surface area contributed by atoms with Crippen LogP contribution in [0.4, 0.5) is 0 Å². The van der Waals surface area contributed by atoms with Crippen LogP contribution in [0.25, 0.3) is 16.8 Å². The van der Waals surface area contributed by atoms with Gasteiger partial charge in [0.15, 0.2) is 0 Å². The van der Waals surface area contributed by atoms with Crippen molar-refractivity contribution in [3.05, 3.63) is 80.7 Å². The van der Waals surface area contributed by atoms with E-state index >= 15 is 0 Å². The smallest absolute Gasteiger partial charge is 0.266 e. The molecule has 0 saturated heterocycles. The second-order valence-corrected chi connectivity index (χ2v) is 7.05. The molecule has 0 fully saturated rings. The summed E-state index contributed by atoms with van der Waals surface area (Å²) in [6, 6.07) is 13.5. The van der Waals surface area contributed by atoms with Crippen LogP contribution in [0.3, 0.4) is 0 Å². The molecule has 128 valence electrons. The van der Waals surface area contributed by atoms with E-state index in [4.69, 9.17) is 23.2 Å². The minimum atomic E-state index is -2.49. The summed E-state index contributed by atoms with van der Waals surface area (Å²) in [7, 11) is -2.49. The van der Waals surface area contributed by atoms with E-state index < -0.39 is 16.3 Å². The number of rotatable bonds is 4. The maximum Gasteiger partial charge on any atom is 0.290 e. The minimum Gasteiger partial charge on any atom is -0.266 e. The van der Waals surface area contributed by atoms with E-state index in [1.165, 1.54) is 10.9 Å². The van der Waals surface area contributed by atoms with Crippen LogP contribution in [0.2, 0.25) is 10.0 Å². The van der Waals surface area contributed by atoms with Gasteiger partial charge >= 0.3 is 0 Å². The van der Waals surface area contributed by atoms with Crippen molar-refractivity contribution in [1.29, 1.82) is 0 Å². The van der Waals surface area contributed by atoms with Gasteiger partial charge in [0.2, 0.25) is 0 Å². The van der Waals surface area contributed by atoms with Gasteiger partial charge in [-0.2, -0.15) is 9.78 Å². The highest BCUT2D eigenvalue weighted by Crippen LogP contribution is 2.25. The van der Waals surface area contributed by atoms with E-state index in [-0.39, 0.29) is 10.8 Å². The average molecular weight is 395 g/mol. The van der Waals surface area contributed by atoms with Crippen molar-refractivity contribution in [3.63, 3.8) is 0 Å². The van der Waals surface area contributed by atoms with E-state index in [9.17, 15) is 13.2 Å². The lowest BCUT2D eigenvalue weighted by Gasteiger charge is -2.09. The maximum atomic E-state index is 12.5. The highest BCUT2D eigenvalue weighted by atomic mass is 35.5. The Morgan fingerprint density at radius 3 is 2.40 bits per heavy atom. The van der Waals surface area contributed by atoms with Gasteiger partial charge in [0, 0.05) is 10.6 Å². The summed E-state index contributed by atoms with van der Waals surface area (Å²) in [5.41, 5.74) is 1.87. The predicted molar refractivity (Wildman–Crippen MR) is 99.3 cm³/mol. The zero-order valence-electron chi connectivity index (χ0n) is 12.7. The van der Waals surface area contributed by atoms with E-state index in [1.54, 1.807) is 48.5 Å². The van der Waals surface area contributed by atoms with E-state index in [0.717, 1.165) is 0 Å². The van der Waals surface area contributed by atoms with Crippen molar-refractivity contribution in [2.75, 3.05) is 0 Å². The normalized spacial score (nSPS) is 11.0. The predicted octanol–water partition coefficient (Wildman–Crippen LogP) is 3.32. The van der Waals surface area contributed by atoms with Gasteiger partial charge in [-0.1, -0.05) is 53.5 Å². The topological polar surface area (TPSA) is 69.0 Å². The minimum absolute atomic E-state index is 0.0256. The molecular weight excluding hydrogens is 383 g/mol. The summed E-state index contributed by atoms with van der Waals surface area (Å²) < 4.78 is 22.7. The van der Waals surface area contributed by atoms with E-state index in [1.807, 2.05) is 0 Å². The summed E-state index contributed by atoms with van der Waals surface area (Å²) in [4.78, 5) is 12.5. The van der Waals surface area contributed by atoms with Crippen LogP contribution in [0.15, 0.2) is 59.5 Å². The number of halogens is 2. The van der Waals surface area contributed by atoms with Crippen LogP contribution in [-0.2, 0) is 16.5 Å². The van der Waals surface area contributed by atoms with Crippen molar-refractivity contribution in [3.8, 4) is 16.8 Å². The van der Waals surface area contributed by atoms with Crippen LogP contribution in [-0.4, -0.2) is 18.2 Å². The Labute approximate surface area is 155 Å². The quantitative estimate of drug-likeness (QED) is 0.689. The van der Waals surface area contributed by atoms with Crippen molar-refractivity contribution < 1.29 is 8.42 Å². The van der Waals surface area contributed by atoms with Gasteiger partial charge < -0.3 is 0 Å². The Bertz CT molecular complexity index is 1050. The third-order valence-corrected chi connectivity index (χ3v) is 4.77. The molecule has 0 unspecified atom stereocenters. The standard InChI is InChI=1S/C17H12Cl2N2O3S/c18-13-2-1-3-14(8-13)21-17(22)16(19)15(9-20-21)12-6-4-11(5-7-12)10-25(23)24/h1-9,25H,10H2. The van der Waals surface area contributed by atoms with Gasteiger partial charge in [0.1, 0.15) is 15.7 Å². The zero-order valence-corrected chi connectivity index (χ0v) is 15.1. The third-order valence-electron chi connectivity index (χ3n) is 3.55. The lowest BCUT2D eigenvalue weighted by molar-refractivity contribution is 0.614. The molecule has 0 aliphatic heterocycles. The summed E-state index contributed by atoms with van der Waals surface area (Å²) in [6.45, 7) is 0. The number of nitrogens with zero attached hydrogens (tertiary/aromatic N) is 2. The first kappa shape index (κ1) is 17.7. The van der Waals surface area contributed by atoms with Crippen LogP contribution in [0.1, 0.15) is 5.56 Å². The first-order valence-corrected chi connectivity index (χ1v) is 9.32. The number of aromatic nitrogens is 2. The Morgan fingerprint density at radius 2 is 1.76 bits per heavy atom. The molecule has 0 radical (unpaired) electrons. The van der Waals surface area contributed by atoms with Gasteiger partial charge in [-0.3, -0.25) is 4.79 Å². The first-order valence-electron chi connectivity index (χ1n) is 7.20. The van der Waals surface area contributed by atoms with Crippen molar-refractivity contribution in [2.24, 2.45) is 0 Å². The lowest BCUT2D eigenvalue weighted by atomic mass is 10.1. The van der Waals surface area contributed by atoms with Gasteiger partial charge in [-0.15, -0.1) is 0 Å². The largest absolute Gasteiger partial charge is 0.290 e. The van der Waals surface area contributed by atoms with Crippen LogP contribution < -0.4 is 5.56 Å². The summed E-state index contributed by atoms with van der Waals surface area (Å²) in [6.07, 6.45) is 1.49. The molecule has 0 bridgehead atoms. The van der Waals surface area contributed by atoms with Crippen molar-refractivity contribution in [2.45, 2.75) is 5.75 Å². The number of thiol groups is 1. The van der Waals surface area contributed by atoms with Crippen LogP contribution in [0, 0.1) is 0 Å². The Kier molecular flexibility index (Phi) is 5.22. The Balaban J connectivity index is 2.02. The molecule has 0 N–H and O–H groups in total. The molecule has 3 rings (SSSR count). The van der Waals surface area contributed by atoms with Gasteiger partial charge in [0.25, 0.3) is 5.56 Å². The molecule has 1 aromatic heterocycles. The van der Waals surface area contributed by atoms with Crippen LogP contribution in [0.5, 0.6) is 0 Å². The summed E-state index contributed by atoms with van der Waals surface area (Å²) in [5, 5.41) is 4.67. The molecule has 8 heteroatoms. The lowest BCUT2D eigenvalue weighted by Crippen LogP contribution is -2.21. The molecular formula is C17H12Cl2N2O3S. The molecule has 0 aliphatic rings. The highest BCUT2D eigenvalue weighted by molar-refractivity contribution is 7.71. The fraction of sp³-hybridized carbons (Fsp3) is 0.0588. The van der Waals surface area contributed by atoms with Gasteiger partial charge in [-0.25, -0.2) is 8.42 Å². The molecule has 25 heavy (non-hydrogen) atoms. The molecule has 3 aromatic rings. The molecule has 2 aromatic carbocycles. The SMILES string of the molecule is O=c1c(Cl)c(-c2ccc(C[SH](=O)=O)cc2)cnn1-c1cccc(Cl)c1. The third kappa shape index (κ3) is 3.92. The fourth-order valence-electron chi connectivity index (χ4n) is 2.36. The number of hydrogen-bond donors (Lipinski definition) is 1. The van der Waals surface area contributed by atoms with Crippen molar-refractivity contribution >= 4 is 33.9 Å². The molecule has 5 nitrogen and oxygen atoms in total. The summed E-state index contributed by atoms with van der Waals surface area (Å²) in [5.74, 6) is -0.0298. The Morgan fingerprint density at radius 1 is 1.04 bits per heavy atom. The molecule has 0 amide bonds. The summed E-state index contributed by atoms with van der Waals surface area (Å²) >= 11 is 12.2. The molecule has 0 aliphatic carbocycles. The van der Waals surface area contributed by atoms with Crippen molar-refractivity contribution in [1.82, 2.24) is 9.78 Å². The van der Waals surface area contributed by atoms with Crippen LogP contribution >= 0.6 is 23.2 Å². The number of benzene rings is 2. The zero-order chi connectivity index (χ0) is 18.0. The first-order chi connectivity index (χ1) is 12.0. The average Bonchev–Trinajstić information content (AvgIpc) is 2.58. The van der Waals surface area contributed by atoms with Gasteiger partial charge in [0.05, 0.1) is 17.6 Å². The maximum absolute atomic E-state index is 12.5. The second kappa shape index (κ2) is 7.39. The molecule has 0 spiro atoms. The van der Waals surface area contributed by atoms with Gasteiger partial charge in [-0.05, 0) is 29.3 Å². The molecule has 0 atom stereocenters. The monoisotopic (exact) mass is 394 g/mol. The second-order valence-electron chi connectivity index (χ2n) is 5.26. The van der Waals surface area contributed by atoms with E-state index in [2.05, 4.69) is 5.10 Å². The number of hydrogen-bond acceptors (Lipinski definition) is 4.